The molecule has 0 N–H and O–H groups in total. The van der Waals surface area contributed by atoms with Crippen LogP contribution in [0.25, 0.3) is 0 Å². The lowest BCUT2D eigenvalue weighted by Gasteiger charge is -2.13. The SMILES string of the molecule is COC(=O)CC1(CS(=O)(=O)Cc2cccs2)CC1. The second-order valence-corrected chi connectivity index (χ2v) is 7.96. The van der Waals surface area contributed by atoms with Gasteiger partial charge in [-0.3, -0.25) is 4.79 Å². The summed E-state index contributed by atoms with van der Waals surface area (Å²) in [6, 6.07) is 3.67. The van der Waals surface area contributed by atoms with E-state index in [1.165, 1.54) is 18.4 Å². The van der Waals surface area contributed by atoms with Crippen molar-refractivity contribution >= 4 is 27.1 Å². The molecule has 0 atom stereocenters. The molecular weight excluding hydrogens is 272 g/mol. The number of rotatable bonds is 6. The van der Waals surface area contributed by atoms with Gasteiger partial charge in [0.1, 0.15) is 0 Å². The Morgan fingerprint density at radius 3 is 2.72 bits per heavy atom. The zero-order valence-corrected chi connectivity index (χ0v) is 11.9. The number of carbonyl (C=O) groups is 1. The Morgan fingerprint density at radius 1 is 1.50 bits per heavy atom. The van der Waals surface area contributed by atoms with Crippen LogP contribution in [0.4, 0.5) is 0 Å². The molecule has 1 aromatic heterocycles. The minimum Gasteiger partial charge on any atom is -0.469 e. The molecule has 0 radical (unpaired) electrons. The van der Waals surface area contributed by atoms with Crippen molar-refractivity contribution in [3.05, 3.63) is 22.4 Å². The van der Waals surface area contributed by atoms with Gasteiger partial charge in [0.05, 0.1) is 25.0 Å². The molecule has 1 aliphatic rings. The molecule has 2 rings (SSSR count). The summed E-state index contributed by atoms with van der Waals surface area (Å²) < 4.78 is 28.8. The van der Waals surface area contributed by atoms with E-state index < -0.39 is 9.84 Å². The van der Waals surface area contributed by atoms with Crippen molar-refractivity contribution in [1.29, 1.82) is 0 Å². The molecule has 0 aliphatic heterocycles. The summed E-state index contributed by atoms with van der Waals surface area (Å²) in [5.41, 5.74) is -0.358. The Balaban J connectivity index is 1.98. The molecule has 100 valence electrons. The molecule has 1 heterocycles. The van der Waals surface area contributed by atoms with Crippen LogP contribution in [0, 0.1) is 5.41 Å². The number of ether oxygens (including phenoxy) is 1. The summed E-state index contributed by atoms with van der Waals surface area (Å²) in [5.74, 6) is -0.153. The summed E-state index contributed by atoms with van der Waals surface area (Å²) in [7, 11) is -1.82. The maximum Gasteiger partial charge on any atom is 0.306 e. The van der Waals surface area contributed by atoms with Gasteiger partial charge in [0, 0.05) is 4.88 Å². The van der Waals surface area contributed by atoms with E-state index in [0.717, 1.165) is 17.7 Å². The molecule has 0 bridgehead atoms. The van der Waals surface area contributed by atoms with Gasteiger partial charge in [0.15, 0.2) is 9.84 Å². The van der Waals surface area contributed by atoms with E-state index in [1.54, 1.807) is 0 Å². The number of hydrogen-bond donors (Lipinski definition) is 0. The molecule has 1 aliphatic carbocycles. The fourth-order valence-corrected chi connectivity index (χ4v) is 5.31. The maximum absolute atomic E-state index is 12.1. The lowest BCUT2D eigenvalue weighted by atomic mass is 10.1. The van der Waals surface area contributed by atoms with Crippen LogP contribution in [0.2, 0.25) is 0 Å². The first-order chi connectivity index (χ1) is 8.45. The smallest absolute Gasteiger partial charge is 0.306 e. The molecule has 0 amide bonds. The number of esters is 1. The van der Waals surface area contributed by atoms with Gasteiger partial charge in [0.25, 0.3) is 0 Å². The van der Waals surface area contributed by atoms with E-state index in [-0.39, 0.29) is 29.3 Å². The van der Waals surface area contributed by atoms with Crippen molar-refractivity contribution in [2.45, 2.75) is 25.0 Å². The van der Waals surface area contributed by atoms with Crippen LogP contribution in [0.3, 0.4) is 0 Å². The predicted molar refractivity (Wildman–Crippen MR) is 70.1 cm³/mol. The van der Waals surface area contributed by atoms with Gasteiger partial charge in [-0.15, -0.1) is 11.3 Å². The zero-order chi connectivity index (χ0) is 13.2. The number of thiophene rings is 1. The first kappa shape index (κ1) is 13.5. The van der Waals surface area contributed by atoms with Crippen LogP contribution >= 0.6 is 11.3 Å². The van der Waals surface area contributed by atoms with Crippen molar-refractivity contribution in [3.63, 3.8) is 0 Å². The highest BCUT2D eigenvalue weighted by Crippen LogP contribution is 2.50. The van der Waals surface area contributed by atoms with Gasteiger partial charge in [-0.1, -0.05) is 6.07 Å². The number of hydrogen-bond acceptors (Lipinski definition) is 5. The van der Waals surface area contributed by atoms with Gasteiger partial charge < -0.3 is 4.74 Å². The molecule has 4 nitrogen and oxygen atoms in total. The summed E-state index contributed by atoms with van der Waals surface area (Å²) in [6.45, 7) is 0. The van der Waals surface area contributed by atoms with Crippen molar-refractivity contribution < 1.29 is 17.9 Å². The van der Waals surface area contributed by atoms with Crippen molar-refractivity contribution in [2.75, 3.05) is 12.9 Å². The third-order valence-corrected chi connectivity index (χ3v) is 6.03. The molecule has 0 saturated heterocycles. The Bertz CT molecular complexity index is 512. The highest BCUT2D eigenvalue weighted by atomic mass is 32.2. The lowest BCUT2D eigenvalue weighted by Crippen LogP contribution is -2.22. The molecule has 1 aromatic rings. The summed E-state index contributed by atoms with van der Waals surface area (Å²) in [4.78, 5) is 12.1. The van der Waals surface area contributed by atoms with Gasteiger partial charge in [0.2, 0.25) is 0 Å². The van der Waals surface area contributed by atoms with Crippen LogP contribution in [0.15, 0.2) is 17.5 Å². The molecule has 1 fully saturated rings. The second kappa shape index (κ2) is 5.01. The van der Waals surface area contributed by atoms with E-state index in [1.807, 2.05) is 17.5 Å². The standard InChI is InChI=1S/C12H16O4S2/c1-16-11(13)7-12(4-5-12)9-18(14,15)8-10-3-2-6-17-10/h2-3,6H,4-5,7-9H2,1H3. The maximum atomic E-state index is 12.1. The number of sulfone groups is 1. The normalized spacial score (nSPS) is 17.4. The van der Waals surface area contributed by atoms with Gasteiger partial charge in [-0.05, 0) is 29.7 Å². The third kappa shape index (κ3) is 3.55. The van der Waals surface area contributed by atoms with Crippen molar-refractivity contribution in [2.24, 2.45) is 5.41 Å². The highest BCUT2D eigenvalue weighted by Gasteiger charge is 2.47. The summed E-state index contributed by atoms with van der Waals surface area (Å²) >= 11 is 1.44. The quantitative estimate of drug-likeness (QED) is 0.751. The Morgan fingerprint density at radius 2 is 2.22 bits per heavy atom. The molecular formula is C12H16O4S2. The Hall–Kier alpha value is -0.880. The van der Waals surface area contributed by atoms with Crippen molar-refractivity contribution in [3.8, 4) is 0 Å². The molecule has 1 saturated carbocycles. The van der Waals surface area contributed by atoms with E-state index in [2.05, 4.69) is 4.74 Å². The van der Waals surface area contributed by atoms with Crippen molar-refractivity contribution in [1.82, 2.24) is 0 Å². The second-order valence-electron chi connectivity index (χ2n) is 4.86. The predicted octanol–water partition coefficient (Wildman–Crippen LogP) is 2.01. The highest BCUT2D eigenvalue weighted by molar-refractivity contribution is 7.90. The third-order valence-electron chi connectivity index (χ3n) is 3.17. The van der Waals surface area contributed by atoms with Gasteiger partial charge in [-0.25, -0.2) is 8.42 Å². The summed E-state index contributed by atoms with van der Waals surface area (Å²) in [5, 5.41) is 1.87. The minimum absolute atomic E-state index is 0.0770. The van der Waals surface area contributed by atoms with Gasteiger partial charge >= 0.3 is 5.97 Å². The topological polar surface area (TPSA) is 60.4 Å². The molecule has 18 heavy (non-hydrogen) atoms. The van der Waals surface area contributed by atoms with E-state index in [0.29, 0.717) is 0 Å². The average Bonchev–Trinajstić information content (AvgIpc) is 2.82. The average molecular weight is 288 g/mol. The molecule has 0 aromatic carbocycles. The molecule has 0 spiro atoms. The fourth-order valence-electron chi connectivity index (χ4n) is 2.06. The number of methoxy groups -OCH3 is 1. The van der Waals surface area contributed by atoms with E-state index in [4.69, 9.17) is 0 Å². The fraction of sp³-hybridized carbons (Fsp3) is 0.583. The lowest BCUT2D eigenvalue weighted by molar-refractivity contribution is -0.141. The first-order valence-corrected chi connectivity index (χ1v) is 8.44. The largest absolute Gasteiger partial charge is 0.469 e. The number of carbonyl (C=O) groups excluding carboxylic acids is 1. The van der Waals surface area contributed by atoms with Crippen LogP contribution in [-0.4, -0.2) is 27.2 Å². The monoisotopic (exact) mass is 288 g/mol. The first-order valence-electron chi connectivity index (χ1n) is 5.74. The van der Waals surface area contributed by atoms with Crippen LogP contribution < -0.4 is 0 Å². The minimum atomic E-state index is -3.15. The van der Waals surface area contributed by atoms with Crippen LogP contribution in [-0.2, 0) is 25.1 Å². The van der Waals surface area contributed by atoms with E-state index >= 15 is 0 Å². The van der Waals surface area contributed by atoms with Gasteiger partial charge in [-0.2, -0.15) is 0 Å². The molecule has 6 heteroatoms. The summed E-state index contributed by atoms with van der Waals surface area (Å²) in [6.07, 6.45) is 1.81. The Labute approximate surface area is 111 Å². The zero-order valence-electron chi connectivity index (χ0n) is 10.2. The van der Waals surface area contributed by atoms with E-state index in [9.17, 15) is 13.2 Å². The van der Waals surface area contributed by atoms with Crippen LogP contribution in [0.5, 0.6) is 0 Å². The Kier molecular flexibility index (Phi) is 3.77. The van der Waals surface area contributed by atoms with Crippen LogP contribution in [0.1, 0.15) is 24.1 Å². The molecule has 0 unspecified atom stereocenters.